The highest BCUT2D eigenvalue weighted by atomic mass is 79.9. The molecule has 0 atom stereocenters. The Morgan fingerprint density at radius 3 is 2.61 bits per heavy atom. The summed E-state index contributed by atoms with van der Waals surface area (Å²) in [6.07, 6.45) is 3.03. The zero-order valence-electron chi connectivity index (χ0n) is 10.1. The first-order valence-electron chi connectivity index (χ1n) is 5.42. The molecule has 0 aliphatic rings. The molecule has 1 N–H and O–H groups in total. The van der Waals surface area contributed by atoms with E-state index in [1.165, 1.54) is 6.20 Å². The summed E-state index contributed by atoms with van der Waals surface area (Å²) in [4.78, 5) is 20.0. The number of amides is 1. The van der Waals surface area contributed by atoms with Crippen LogP contribution in [0, 0.1) is 13.8 Å². The van der Waals surface area contributed by atoms with Crippen molar-refractivity contribution in [1.29, 1.82) is 0 Å². The molecular weight excluding hydrogens is 294 g/mol. The summed E-state index contributed by atoms with van der Waals surface area (Å²) in [6, 6.07) is 5.72. The molecule has 1 amide bonds. The lowest BCUT2D eigenvalue weighted by Crippen LogP contribution is -2.14. The lowest BCUT2D eigenvalue weighted by molar-refractivity contribution is 0.102. The predicted octanol–water partition coefficient (Wildman–Crippen LogP) is 3.11. The van der Waals surface area contributed by atoms with Gasteiger partial charge in [-0.3, -0.25) is 9.78 Å². The molecule has 18 heavy (non-hydrogen) atoms. The van der Waals surface area contributed by atoms with Crippen molar-refractivity contribution in [2.75, 3.05) is 5.32 Å². The van der Waals surface area contributed by atoms with E-state index in [1.54, 1.807) is 6.20 Å². The molecule has 0 saturated heterocycles. The highest BCUT2D eigenvalue weighted by molar-refractivity contribution is 9.10. The van der Waals surface area contributed by atoms with Crippen molar-refractivity contribution in [2.45, 2.75) is 13.8 Å². The number of halogens is 1. The van der Waals surface area contributed by atoms with E-state index in [4.69, 9.17) is 0 Å². The Hall–Kier alpha value is -1.75. The van der Waals surface area contributed by atoms with Gasteiger partial charge in [0.15, 0.2) is 0 Å². The van der Waals surface area contributed by atoms with Crippen LogP contribution in [0.25, 0.3) is 0 Å². The molecule has 2 aromatic rings. The minimum absolute atomic E-state index is 0.271. The number of nitrogens with zero attached hydrogens (tertiary/aromatic N) is 2. The molecule has 1 heterocycles. The van der Waals surface area contributed by atoms with Crippen molar-refractivity contribution in [3.05, 3.63) is 52.0 Å². The highest BCUT2D eigenvalue weighted by Gasteiger charge is 2.09. The molecule has 0 aliphatic heterocycles. The fourth-order valence-corrected chi connectivity index (χ4v) is 2.01. The number of hydrogen-bond donors (Lipinski definition) is 1. The van der Waals surface area contributed by atoms with Gasteiger partial charge in [0, 0.05) is 10.7 Å². The van der Waals surface area contributed by atoms with Gasteiger partial charge in [0.05, 0.1) is 17.6 Å². The van der Waals surface area contributed by atoms with Gasteiger partial charge < -0.3 is 5.32 Å². The first-order chi connectivity index (χ1) is 8.56. The fourth-order valence-electron chi connectivity index (χ4n) is 1.42. The topological polar surface area (TPSA) is 54.9 Å². The Labute approximate surface area is 114 Å². The van der Waals surface area contributed by atoms with Gasteiger partial charge in [0.25, 0.3) is 5.91 Å². The maximum atomic E-state index is 11.9. The Kier molecular flexibility index (Phi) is 3.72. The van der Waals surface area contributed by atoms with E-state index in [2.05, 4.69) is 31.2 Å². The fraction of sp³-hybridized carbons (Fsp3) is 0.154. The number of carbonyl (C=O) groups is 1. The zero-order chi connectivity index (χ0) is 13.1. The first-order valence-corrected chi connectivity index (χ1v) is 6.22. The number of nitrogens with one attached hydrogen (secondary N) is 1. The third-order valence-corrected chi connectivity index (χ3v) is 3.04. The molecule has 0 radical (unpaired) electrons. The number of aryl methyl sites for hydroxylation is 2. The smallest absolute Gasteiger partial charge is 0.275 e. The monoisotopic (exact) mass is 305 g/mol. The van der Waals surface area contributed by atoms with Crippen LogP contribution in [0.1, 0.15) is 21.7 Å². The van der Waals surface area contributed by atoms with E-state index in [0.717, 1.165) is 15.7 Å². The van der Waals surface area contributed by atoms with Crippen molar-refractivity contribution in [1.82, 2.24) is 9.97 Å². The number of aromatic nitrogens is 2. The third kappa shape index (κ3) is 2.92. The average Bonchev–Trinajstić information content (AvgIpc) is 2.33. The SMILES string of the molecule is Cc1ccc(NC(=O)c2cnc(C)cn2)c(Br)c1. The minimum atomic E-state index is -0.271. The van der Waals surface area contributed by atoms with Gasteiger partial charge in [0.2, 0.25) is 0 Å². The van der Waals surface area contributed by atoms with Crippen LogP contribution in [0.2, 0.25) is 0 Å². The van der Waals surface area contributed by atoms with Gasteiger partial charge >= 0.3 is 0 Å². The van der Waals surface area contributed by atoms with Crippen LogP contribution in [0.4, 0.5) is 5.69 Å². The molecule has 2 rings (SSSR count). The summed E-state index contributed by atoms with van der Waals surface area (Å²) in [7, 11) is 0. The van der Waals surface area contributed by atoms with Crippen LogP contribution in [0.3, 0.4) is 0 Å². The molecule has 0 aliphatic carbocycles. The van der Waals surface area contributed by atoms with Gasteiger partial charge in [-0.05, 0) is 47.5 Å². The van der Waals surface area contributed by atoms with Crippen LogP contribution in [0.5, 0.6) is 0 Å². The lowest BCUT2D eigenvalue weighted by atomic mass is 10.2. The average molecular weight is 306 g/mol. The Bertz CT molecular complexity index is 581. The quantitative estimate of drug-likeness (QED) is 0.927. The molecule has 5 heteroatoms. The number of carbonyl (C=O) groups excluding carboxylic acids is 1. The Balaban J connectivity index is 2.18. The second kappa shape index (κ2) is 5.27. The van der Waals surface area contributed by atoms with Gasteiger partial charge in [0.1, 0.15) is 5.69 Å². The lowest BCUT2D eigenvalue weighted by Gasteiger charge is -2.07. The molecule has 1 aromatic heterocycles. The molecule has 0 saturated carbocycles. The van der Waals surface area contributed by atoms with E-state index in [9.17, 15) is 4.79 Å². The van der Waals surface area contributed by atoms with Crippen molar-refractivity contribution in [2.24, 2.45) is 0 Å². The second-order valence-electron chi connectivity index (χ2n) is 3.98. The maximum absolute atomic E-state index is 11.9. The van der Waals surface area contributed by atoms with E-state index >= 15 is 0 Å². The molecular formula is C13H12BrN3O. The number of hydrogen-bond acceptors (Lipinski definition) is 3. The standard InChI is InChI=1S/C13H12BrN3O/c1-8-3-4-11(10(14)5-8)17-13(18)12-7-15-9(2)6-16-12/h3-7H,1-2H3,(H,17,18). The summed E-state index contributed by atoms with van der Waals surface area (Å²) >= 11 is 3.41. The number of anilines is 1. The molecule has 92 valence electrons. The van der Waals surface area contributed by atoms with Crippen LogP contribution in [0.15, 0.2) is 35.1 Å². The minimum Gasteiger partial charge on any atom is -0.320 e. The van der Waals surface area contributed by atoms with Crippen LogP contribution >= 0.6 is 15.9 Å². The summed E-state index contributed by atoms with van der Waals surface area (Å²) in [6.45, 7) is 3.81. The third-order valence-electron chi connectivity index (χ3n) is 2.39. The summed E-state index contributed by atoms with van der Waals surface area (Å²) < 4.78 is 0.843. The molecule has 0 unspecified atom stereocenters. The number of benzene rings is 1. The predicted molar refractivity (Wildman–Crippen MR) is 73.6 cm³/mol. The molecule has 0 fully saturated rings. The van der Waals surface area contributed by atoms with Gasteiger partial charge in [-0.25, -0.2) is 4.98 Å². The Morgan fingerprint density at radius 1 is 1.22 bits per heavy atom. The first kappa shape index (κ1) is 12.7. The van der Waals surface area contributed by atoms with Crippen LogP contribution in [-0.4, -0.2) is 15.9 Å². The van der Waals surface area contributed by atoms with Gasteiger partial charge in [-0.2, -0.15) is 0 Å². The van der Waals surface area contributed by atoms with E-state index in [1.807, 2.05) is 32.0 Å². The zero-order valence-corrected chi connectivity index (χ0v) is 11.7. The summed E-state index contributed by atoms with van der Waals surface area (Å²) in [5, 5.41) is 2.78. The van der Waals surface area contributed by atoms with Crippen molar-refractivity contribution < 1.29 is 4.79 Å². The maximum Gasteiger partial charge on any atom is 0.275 e. The largest absolute Gasteiger partial charge is 0.320 e. The van der Waals surface area contributed by atoms with Crippen molar-refractivity contribution >= 4 is 27.5 Å². The second-order valence-corrected chi connectivity index (χ2v) is 4.83. The molecule has 0 bridgehead atoms. The van der Waals surface area contributed by atoms with Gasteiger partial charge in [-0.15, -0.1) is 0 Å². The number of rotatable bonds is 2. The molecule has 4 nitrogen and oxygen atoms in total. The van der Waals surface area contributed by atoms with E-state index in [-0.39, 0.29) is 5.91 Å². The molecule has 0 spiro atoms. The van der Waals surface area contributed by atoms with Crippen LogP contribution < -0.4 is 5.32 Å². The molecule has 1 aromatic carbocycles. The van der Waals surface area contributed by atoms with Crippen molar-refractivity contribution in [3.63, 3.8) is 0 Å². The summed E-state index contributed by atoms with van der Waals surface area (Å²) in [5.41, 5.74) is 2.92. The van der Waals surface area contributed by atoms with Gasteiger partial charge in [-0.1, -0.05) is 6.07 Å². The van der Waals surface area contributed by atoms with E-state index in [0.29, 0.717) is 11.4 Å². The Morgan fingerprint density at radius 2 is 2.00 bits per heavy atom. The van der Waals surface area contributed by atoms with Crippen molar-refractivity contribution in [3.8, 4) is 0 Å². The highest BCUT2D eigenvalue weighted by Crippen LogP contribution is 2.23. The van der Waals surface area contributed by atoms with Crippen LogP contribution in [-0.2, 0) is 0 Å². The normalized spacial score (nSPS) is 10.2. The van der Waals surface area contributed by atoms with E-state index < -0.39 is 0 Å². The summed E-state index contributed by atoms with van der Waals surface area (Å²) in [5.74, 6) is -0.271.